The zero-order valence-corrected chi connectivity index (χ0v) is 13.1. The summed E-state index contributed by atoms with van der Waals surface area (Å²) in [5.74, 6) is -0.251. The third kappa shape index (κ3) is 3.73. The smallest absolute Gasteiger partial charge is 0.162 e. The van der Waals surface area contributed by atoms with E-state index in [0.717, 1.165) is 0 Å². The van der Waals surface area contributed by atoms with E-state index >= 15 is 0 Å². The summed E-state index contributed by atoms with van der Waals surface area (Å²) in [5.41, 5.74) is 7.36. The molecule has 5 nitrogen and oxygen atoms in total. The summed E-state index contributed by atoms with van der Waals surface area (Å²) in [6, 6.07) is 6.97. The number of hydrogen-bond acceptors (Lipinski definition) is 4. The summed E-state index contributed by atoms with van der Waals surface area (Å²) in [6.45, 7) is 3.59. The van der Waals surface area contributed by atoms with E-state index in [0.29, 0.717) is 16.9 Å². The Balaban J connectivity index is 2.50. The molecule has 0 radical (unpaired) electrons. The fourth-order valence-corrected chi connectivity index (χ4v) is 2.10. The molecule has 2 rings (SSSR count). The van der Waals surface area contributed by atoms with Crippen molar-refractivity contribution >= 4 is 28.8 Å². The van der Waals surface area contributed by atoms with Gasteiger partial charge in [0.2, 0.25) is 0 Å². The Bertz CT molecular complexity index is 778. The first-order valence-corrected chi connectivity index (χ1v) is 6.92. The number of phenolic OH excluding ortho intramolecular Hbond substituents is 1. The monoisotopic (exact) mass is 335 g/mol. The number of aromatic hydroxyl groups is 1. The molecule has 0 spiro atoms. The number of benzene rings is 2. The van der Waals surface area contributed by atoms with Crippen molar-refractivity contribution in [1.82, 2.24) is 0 Å². The van der Waals surface area contributed by atoms with Crippen LogP contribution in [0.15, 0.2) is 48.1 Å². The van der Waals surface area contributed by atoms with E-state index in [1.807, 2.05) is 0 Å². The quantitative estimate of drug-likeness (QED) is 0.441. The minimum Gasteiger partial charge on any atom is -0.504 e. The molecule has 0 aliphatic heterocycles. The van der Waals surface area contributed by atoms with Crippen LogP contribution in [0.4, 0.5) is 15.8 Å². The average molecular weight is 336 g/mol. The number of halogens is 2. The van der Waals surface area contributed by atoms with Gasteiger partial charge in [0.25, 0.3) is 0 Å². The van der Waals surface area contributed by atoms with Crippen LogP contribution in [0.1, 0.15) is 5.56 Å². The highest BCUT2D eigenvalue weighted by Gasteiger charge is 2.12. The molecule has 4 N–H and O–H groups in total. The summed E-state index contributed by atoms with van der Waals surface area (Å²) >= 11 is 5.72. The van der Waals surface area contributed by atoms with Gasteiger partial charge < -0.3 is 20.9 Å². The second kappa shape index (κ2) is 7.02. The van der Waals surface area contributed by atoms with E-state index < -0.39 is 5.82 Å². The standard InChI is InChI=1S/C16H15ClFN3O2/c1-3-20-13-8-15(23-2)14(22)7-10(13)16(19)21-9-4-5-12(18)11(17)6-9/h3-8,20,22H,1H2,2H3,(H2,19,21). The average Bonchev–Trinajstić information content (AvgIpc) is 2.52. The van der Waals surface area contributed by atoms with Gasteiger partial charge in [-0.05, 0) is 30.5 Å². The molecule has 2 aromatic rings. The van der Waals surface area contributed by atoms with Crippen LogP contribution >= 0.6 is 11.6 Å². The molecular weight excluding hydrogens is 321 g/mol. The summed E-state index contributed by atoms with van der Waals surface area (Å²) in [6.07, 6.45) is 1.46. The van der Waals surface area contributed by atoms with Crippen LogP contribution in [-0.2, 0) is 0 Å². The SMILES string of the molecule is C=CNc1cc(OC)c(O)cc1C(N)=Nc1ccc(F)c(Cl)c1. The van der Waals surface area contributed by atoms with Gasteiger partial charge in [-0.3, -0.25) is 0 Å². The van der Waals surface area contributed by atoms with Crippen molar-refractivity contribution in [3.05, 3.63) is 59.5 Å². The fourth-order valence-electron chi connectivity index (χ4n) is 1.93. The van der Waals surface area contributed by atoms with Gasteiger partial charge >= 0.3 is 0 Å². The summed E-state index contributed by atoms with van der Waals surface area (Å²) in [4.78, 5) is 4.19. The Morgan fingerprint density at radius 3 is 2.78 bits per heavy atom. The van der Waals surface area contributed by atoms with Crippen molar-refractivity contribution < 1.29 is 14.2 Å². The lowest BCUT2D eigenvalue weighted by Crippen LogP contribution is -2.15. The highest BCUT2D eigenvalue weighted by molar-refractivity contribution is 6.31. The third-order valence-electron chi connectivity index (χ3n) is 3.01. The zero-order chi connectivity index (χ0) is 17.0. The maximum absolute atomic E-state index is 13.2. The molecule has 0 aliphatic rings. The minimum atomic E-state index is -0.541. The molecular formula is C16H15ClFN3O2. The van der Waals surface area contributed by atoms with E-state index in [1.54, 1.807) is 6.07 Å². The lowest BCUT2D eigenvalue weighted by atomic mass is 10.1. The first-order valence-electron chi connectivity index (χ1n) is 6.54. The Kier molecular flexibility index (Phi) is 5.08. The third-order valence-corrected chi connectivity index (χ3v) is 3.29. The zero-order valence-electron chi connectivity index (χ0n) is 12.3. The lowest BCUT2D eigenvalue weighted by molar-refractivity contribution is 0.373. The molecule has 2 aromatic carbocycles. The van der Waals surface area contributed by atoms with Gasteiger partial charge in [-0.15, -0.1) is 0 Å². The van der Waals surface area contributed by atoms with Gasteiger partial charge in [-0.2, -0.15) is 0 Å². The number of nitrogens with zero attached hydrogens (tertiary/aromatic N) is 1. The van der Waals surface area contributed by atoms with E-state index in [2.05, 4.69) is 16.9 Å². The number of ether oxygens (including phenoxy) is 1. The number of anilines is 1. The molecule has 0 atom stereocenters. The number of rotatable bonds is 5. The van der Waals surface area contributed by atoms with Crippen LogP contribution in [0.25, 0.3) is 0 Å². The predicted octanol–water partition coefficient (Wildman–Crippen LogP) is 3.79. The highest BCUT2D eigenvalue weighted by Crippen LogP contribution is 2.33. The number of methoxy groups -OCH3 is 1. The van der Waals surface area contributed by atoms with Crippen LogP contribution in [0.3, 0.4) is 0 Å². The van der Waals surface area contributed by atoms with Gasteiger partial charge in [-0.1, -0.05) is 18.2 Å². The lowest BCUT2D eigenvalue weighted by Gasteiger charge is -2.12. The first kappa shape index (κ1) is 16.6. The van der Waals surface area contributed by atoms with E-state index in [-0.39, 0.29) is 22.4 Å². The minimum absolute atomic E-state index is 0.0546. The van der Waals surface area contributed by atoms with Crippen molar-refractivity contribution in [3.63, 3.8) is 0 Å². The van der Waals surface area contributed by atoms with Gasteiger partial charge in [0.1, 0.15) is 11.7 Å². The molecule has 0 aliphatic carbocycles. The van der Waals surface area contributed by atoms with Gasteiger partial charge in [0, 0.05) is 11.6 Å². The van der Waals surface area contributed by atoms with Crippen molar-refractivity contribution in [2.45, 2.75) is 0 Å². The Morgan fingerprint density at radius 2 is 2.17 bits per heavy atom. The molecule has 0 unspecified atom stereocenters. The Morgan fingerprint density at radius 1 is 1.43 bits per heavy atom. The largest absolute Gasteiger partial charge is 0.504 e. The summed E-state index contributed by atoms with van der Waals surface area (Å²) in [5, 5.41) is 12.8. The topological polar surface area (TPSA) is 79.9 Å². The summed E-state index contributed by atoms with van der Waals surface area (Å²) < 4.78 is 18.2. The normalized spacial score (nSPS) is 11.2. The molecule has 0 aromatic heterocycles. The highest BCUT2D eigenvalue weighted by atomic mass is 35.5. The number of nitrogens with two attached hydrogens (primary N) is 1. The fraction of sp³-hybridized carbons (Fsp3) is 0.0625. The van der Waals surface area contributed by atoms with Crippen LogP contribution < -0.4 is 15.8 Å². The number of hydrogen-bond donors (Lipinski definition) is 3. The molecule has 7 heteroatoms. The van der Waals surface area contributed by atoms with Gasteiger partial charge in [0.05, 0.1) is 23.5 Å². The molecule has 0 amide bonds. The first-order chi connectivity index (χ1) is 11.0. The Labute approximate surface area is 137 Å². The van der Waals surface area contributed by atoms with Crippen molar-refractivity contribution in [2.75, 3.05) is 12.4 Å². The van der Waals surface area contributed by atoms with Crippen LogP contribution in [-0.4, -0.2) is 18.1 Å². The molecule has 23 heavy (non-hydrogen) atoms. The van der Waals surface area contributed by atoms with Crippen molar-refractivity contribution in [2.24, 2.45) is 10.7 Å². The number of aliphatic imine (C=N–C) groups is 1. The Hall–Kier alpha value is -2.73. The number of amidine groups is 1. The molecule has 120 valence electrons. The van der Waals surface area contributed by atoms with E-state index in [4.69, 9.17) is 22.1 Å². The number of phenols is 1. The number of nitrogens with one attached hydrogen (secondary N) is 1. The van der Waals surface area contributed by atoms with E-state index in [9.17, 15) is 9.50 Å². The second-order valence-electron chi connectivity index (χ2n) is 4.51. The van der Waals surface area contributed by atoms with Gasteiger partial charge in [0.15, 0.2) is 11.5 Å². The molecule has 0 heterocycles. The molecule has 0 saturated carbocycles. The van der Waals surface area contributed by atoms with Crippen LogP contribution in [0, 0.1) is 5.82 Å². The van der Waals surface area contributed by atoms with E-state index in [1.165, 1.54) is 37.6 Å². The van der Waals surface area contributed by atoms with Crippen molar-refractivity contribution in [1.29, 1.82) is 0 Å². The second-order valence-corrected chi connectivity index (χ2v) is 4.92. The molecule has 0 saturated heterocycles. The maximum Gasteiger partial charge on any atom is 0.162 e. The van der Waals surface area contributed by atoms with Crippen LogP contribution in [0.2, 0.25) is 5.02 Å². The maximum atomic E-state index is 13.2. The van der Waals surface area contributed by atoms with Crippen LogP contribution in [0.5, 0.6) is 11.5 Å². The molecule has 0 fully saturated rings. The summed E-state index contributed by atoms with van der Waals surface area (Å²) in [7, 11) is 1.43. The van der Waals surface area contributed by atoms with Crippen molar-refractivity contribution in [3.8, 4) is 11.5 Å². The predicted molar refractivity (Wildman–Crippen MR) is 90.3 cm³/mol. The molecule has 0 bridgehead atoms. The van der Waals surface area contributed by atoms with Gasteiger partial charge in [-0.25, -0.2) is 9.38 Å².